The third-order valence-corrected chi connectivity index (χ3v) is 10.7. The van der Waals surface area contributed by atoms with Gasteiger partial charge in [0.25, 0.3) is 0 Å². The molecule has 1 saturated heterocycles. The van der Waals surface area contributed by atoms with Gasteiger partial charge < -0.3 is 9.94 Å². The summed E-state index contributed by atoms with van der Waals surface area (Å²) in [6.07, 6.45) is 16.1. The van der Waals surface area contributed by atoms with E-state index in [4.69, 9.17) is 4.84 Å². The standard InChI is InChI=1S/C28H46N2O2/c1-20(29-32-18-17-30-15-5-4-6-16-30)24-9-10-25-23-8-7-21-19-22(31)11-13-27(21,2)26(23)12-14-28(24,25)3/h7,22-26,31H,4-6,8-19H2,1-3H3/t22-,23-,24+,25-,26-,27-,28+/m0/s1. The summed E-state index contributed by atoms with van der Waals surface area (Å²) in [5, 5.41) is 14.9. The van der Waals surface area contributed by atoms with E-state index < -0.39 is 0 Å². The SMILES string of the molecule is CC(=NOCCN1CCCCC1)[C@H]1CC[C@H]2[C@@H]3CC=C4C[C@@H](O)CC[C@]4(C)[C@H]3CC[C@]12C. The summed E-state index contributed by atoms with van der Waals surface area (Å²) in [6.45, 7) is 11.5. The van der Waals surface area contributed by atoms with Crippen LogP contribution >= 0.6 is 0 Å². The van der Waals surface area contributed by atoms with Crippen LogP contribution in [0.5, 0.6) is 0 Å². The predicted molar refractivity (Wildman–Crippen MR) is 131 cm³/mol. The highest BCUT2D eigenvalue weighted by atomic mass is 16.6. The molecule has 32 heavy (non-hydrogen) atoms. The van der Waals surface area contributed by atoms with E-state index in [0.29, 0.717) is 16.7 Å². The lowest BCUT2D eigenvalue weighted by atomic mass is 9.47. The minimum absolute atomic E-state index is 0.107. The van der Waals surface area contributed by atoms with Crippen molar-refractivity contribution in [2.75, 3.05) is 26.2 Å². The molecule has 1 aliphatic heterocycles. The Morgan fingerprint density at radius 3 is 2.72 bits per heavy atom. The van der Waals surface area contributed by atoms with E-state index >= 15 is 0 Å². The van der Waals surface area contributed by atoms with E-state index in [1.165, 1.54) is 76.6 Å². The summed E-state index contributed by atoms with van der Waals surface area (Å²) in [5.41, 5.74) is 3.53. The van der Waals surface area contributed by atoms with E-state index in [2.05, 4.69) is 36.9 Å². The molecule has 0 radical (unpaired) electrons. The smallest absolute Gasteiger partial charge is 0.129 e. The van der Waals surface area contributed by atoms with Crippen LogP contribution in [-0.4, -0.2) is 48.1 Å². The van der Waals surface area contributed by atoms with E-state index in [1.54, 1.807) is 5.57 Å². The highest BCUT2D eigenvalue weighted by molar-refractivity contribution is 5.85. The highest BCUT2D eigenvalue weighted by Gasteiger charge is 2.59. The van der Waals surface area contributed by atoms with E-state index in [1.807, 2.05) is 0 Å². The Balaban J connectivity index is 1.23. The molecule has 1 heterocycles. The number of oxime groups is 1. The molecule has 180 valence electrons. The van der Waals surface area contributed by atoms with Gasteiger partial charge >= 0.3 is 0 Å². The number of likely N-dealkylation sites (tertiary alicyclic amines) is 1. The quantitative estimate of drug-likeness (QED) is 0.253. The molecule has 3 saturated carbocycles. The molecule has 7 atom stereocenters. The van der Waals surface area contributed by atoms with Gasteiger partial charge in [0.2, 0.25) is 0 Å². The maximum atomic E-state index is 10.2. The molecule has 0 aromatic heterocycles. The van der Waals surface area contributed by atoms with Crippen molar-refractivity contribution < 1.29 is 9.94 Å². The van der Waals surface area contributed by atoms with Crippen LogP contribution in [0.1, 0.15) is 91.4 Å². The van der Waals surface area contributed by atoms with Crippen molar-refractivity contribution in [3.8, 4) is 0 Å². The van der Waals surface area contributed by atoms with Gasteiger partial charge in [-0.25, -0.2) is 0 Å². The van der Waals surface area contributed by atoms with E-state index in [-0.39, 0.29) is 6.10 Å². The van der Waals surface area contributed by atoms with Gasteiger partial charge in [0.1, 0.15) is 6.61 Å². The van der Waals surface area contributed by atoms with E-state index in [0.717, 1.165) is 43.7 Å². The summed E-state index contributed by atoms with van der Waals surface area (Å²) in [7, 11) is 0. The monoisotopic (exact) mass is 442 g/mol. The van der Waals surface area contributed by atoms with Crippen LogP contribution in [0.3, 0.4) is 0 Å². The molecule has 0 aromatic carbocycles. The molecule has 4 heteroatoms. The largest absolute Gasteiger partial charge is 0.394 e. The summed E-state index contributed by atoms with van der Waals surface area (Å²) >= 11 is 0. The van der Waals surface area contributed by atoms with Crippen molar-refractivity contribution in [2.24, 2.45) is 39.7 Å². The maximum Gasteiger partial charge on any atom is 0.129 e. The summed E-state index contributed by atoms with van der Waals surface area (Å²) in [6, 6.07) is 0. The number of hydrogen-bond acceptors (Lipinski definition) is 4. The molecule has 4 nitrogen and oxygen atoms in total. The molecule has 0 amide bonds. The second-order valence-electron chi connectivity index (χ2n) is 12.3. The van der Waals surface area contributed by atoms with Gasteiger partial charge in [-0.05, 0) is 113 Å². The second kappa shape index (κ2) is 9.06. The first-order valence-corrected chi connectivity index (χ1v) is 13.7. The Hall–Kier alpha value is -0.870. The third kappa shape index (κ3) is 3.98. The van der Waals surface area contributed by atoms with Crippen LogP contribution in [0.4, 0.5) is 0 Å². The van der Waals surface area contributed by atoms with Gasteiger partial charge in [-0.1, -0.05) is 37.1 Å². The van der Waals surface area contributed by atoms with Gasteiger partial charge in [0.15, 0.2) is 0 Å². The Labute approximate surface area is 195 Å². The number of hydrogen-bond donors (Lipinski definition) is 1. The van der Waals surface area contributed by atoms with Gasteiger partial charge in [0.05, 0.1) is 11.8 Å². The normalized spacial score (nSPS) is 44.9. The lowest BCUT2D eigenvalue weighted by molar-refractivity contribution is -0.0427. The molecule has 0 unspecified atom stereocenters. The number of rotatable bonds is 5. The number of aliphatic hydroxyl groups excluding tert-OH is 1. The Morgan fingerprint density at radius 1 is 1.09 bits per heavy atom. The van der Waals surface area contributed by atoms with Crippen molar-refractivity contribution in [1.82, 2.24) is 4.90 Å². The summed E-state index contributed by atoms with van der Waals surface area (Å²) < 4.78 is 0. The minimum atomic E-state index is -0.107. The molecular formula is C28H46N2O2. The Kier molecular flexibility index (Phi) is 6.48. The van der Waals surface area contributed by atoms with Crippen LogP contribution in [0, 0.1) is 34.5 Å². The van der Waals surface area contributed by atoms with Crippen LogP contribution in [0.2, 0.25) is 0 Å². The molecule has 1 N–H and O–H groups in total. The average Bonchev–Trinajstić information content (AvgIpc) is 3.15. The molecule has 5 aliphatic rings. The Bertz CT molecular complexity index is 742. The molecule has 0 bridgehead atoms. The molecule has 5 rings (SSSR count). The third-order valence-electron chi connectivity index (χ3n) is 10.7. The van der Waals surface area contributed by atoms with Crippen LogP contribution in [0.25, 0.3) is 0 Å². The van der Waals surface area contributed by atoms with Gasteiger partial charge in [-0.3, -0.25) is 4.90 Å². The Morgan fingerprint density at radius 2 is 1.91 bits per heavy atom. The van der Waals surface area contributed by atoms with Crippen molar-refractivity contribution >= 4 is 5.71 Å². The first-order chi connectivity index (χ1) is 15.4. The van der Waals surface area contributed by atoms with E-state index in [9.17, 15) is 5.11 Å². The zero-order valence-electron chi connectivity index (χ0n) is 20.8. The van der Waals surface area contributed by atoms with Crippen LogP contribution < -0.4 is 0 Å². The fraction of sp³-hybridized carbons (Fsp3) is 0.893. The first-order valence-electron chi connectivity index (χ1n) is 13.7. The van der Waals surface area contributed by atoms with Crippen molar-refractivity contribution in [3.63, 3.8) is 0 Å². The lowest BCUT2D eigenvalue weighted by Crippen LogP contribution is -2.50. The fourth-order valence-corrected chi connectivity index (χ4v) is 8.89. The summed E-state index contributed by atoms with van der Waals surface area (Å²) in [5.74, 6) is 3.02. The maximum absolute atomic E-state index is 10.2. The summed E-state index contributed by atoms with van der Waals surface area (Å²) in [4.78, 5) is 8.38. The van der Waals surface area contributed by atoms with Gasteiger partial charge in [0, 0.05) is 12.5 Å². The van der Waals surface area contributed by atoms with Crippen molar-refractivity contribution in [3.05, 3.63) is 11.6 Å². The topological polar surface area (TPSA) is 45.1 Å². The molecule has 4 fully saturated rings. The number of nitrogens with zero attached hydrogens (tertiary/aromatic N) is 2. The zero-order valence-corrected chi connectivity index (χ0v) is 20.8. The number of piperidine rings is 1. The lowest BCUT2D eigenvalue weighted by Gasteiger charge is -2.58. The molecule has 0 spiro atoms. The number of fused-ring (bicyclic) bond motifs is 5. The first kappa shape index (κ1) is 22.9. The van der Waals surface area contributed by atoms with Crippen molar-refractivity contribution in [1.29, 1.82) is 0 Å². The second-order valence-corrected chi connectivity index (χ2v) is 12.3. The van der Waals surface area contributed by atoms with Gasteiger partial charge in [-0.2, -0.15) is 0 Å². The highest BCUT2D eigenvalue weighted by Crippen LogP contribution is 2.66. The average molecular weight is 443 g/mol. The number of aliphatic hydroxyl groups is 1. The zero-order chi connectivity index (χ0) is 22.3. The van der Waals surface area contributed by atoms with Gasteiger partial charge in [-0.15, -0.1) is 0 Å². The van der Waals surface area contributed by atoms with Crippen LogP contribution in [0.15, 0.2) is 16.8 Å². The fourth-order valence-electron chi connectivity index (χ4n) is 8.89. The van der Waals surface area contributed by atoms with Crippen molar-refractivity contribution in [2.45, 2.75) is 97.5 Å². The minimum Gasteiger partial charge on any atom is -0.394 e. The predicted octanol–water partition coefficient (Wildman–Crippen LogP) is 5.80. The number of allylic oxidation sites excluding steroid dienone is 1. The van der Waals surface area contributed by atoms with Crippen LogP contribution in [-0.2, 0) is 4.84 Å². The molecule has 0 aromatic rings. The molecular weight excluding hydrogens is 396 g/mol. The molecule has 4 aliphatic carbocycles.